The second-order valence-corrected chi connectivity index (χ2v) is 9.26. The first-order valence-electron chi connectivity index (χ1n) is 10.5. The van der Waals surface area contributed by atoms with Gasteiger partial charge in [-0.25, -0.2) is 9.79 Å². The summed E-state index contributed by atoms with van der Waals surface area (Å²) < 4.78 is 23.6. The van der Waals surface area contributed by atoms with Gasteiger partial charge in [0.2, 0.25) is 0 Å². The molecule has 2 aromatic heterocycles. The summed E-state index contributed by atoms with van der Waals surface area (Å²) in [6, 6.07) is 6.65. The van der Waals surface area contributed by atoms with E-state index in [0.29, 0.717) is 43.4 Å². The van der Waals surface area contributed by atoms with Crippen LogP contribution in [0, 0.1) is 0 Å². The fourth-order valence-electron chi connectivity index (χ4n) is 3.81. The van der Waals surface area contributed by atoms with Crippen LogP contribution in [0.4, 0.5) is 0 Å². The van der Waals surface area contributed by atoms with Crippen molar-refractivity contribution in [2.75, 3.05) is 27.9 Å². The highest BCUT2D eigenvalue weighted by Crippen LogP contribution is 2.35. The highest BCUT2D eigenvalue weighted by atomic mass is 32.1. The number of ether oxygens (including phenoxy) is 4. The first kappa shape index (κ1) is 23.8. The molecule has 0 bridgehead atoms. The molecule has 8 nitrogen and oxygen atoms in total. The van der Waals surface area contributed by atoms with Gasteiger partial charge in [-0.3, -0.25) is 9.36 Å². The largest absolute Gasteiger partial charge is 0.496 e. The molecule has 1 aromatic carbocycles. The molecule has 0 saturated heterocycles. The minimum absolute atomic E-state index is 0.232. The zero-order valence-corrected chi connectivity index (χ0v) is 21.0. The molecule has 10 heteroatoms. The van der Waals surface area contributed by atoms with Crippen LogP contribution < -0.4 is 29.1 Å². The zero-order valence-electron chi connectivity index (χ0n) is 19.4. The van der Waals surface area contributed by atoms with Crippen molar-refractivity contribution in [1.82, 2.24) is 4.57 Å². The molecule has 3 aromatic rings. The first-order chi connectivity index (χ1) is 16.4. The topological polar surface area (TPSA) is 88.4 Å². The van der Waals surface area contributed by atoms with E-state index in [9.17, 15) is 9.59 Å². The molecule has 0 radical (unpaired) electrons. The fraction of sp³-hybridized carbons (Fsp3) is 0.292. The van der Waals surface area contributed by atoms with Gasteiger partial charge < -0.3 is 18.9 Å². The monoisotopic (exact) mass is 500 g/mol. The van der Waals surface area contributed by atoms with E-state index in [1.54, 1.807) is 58.0 Å². The lowest BCUT2D eigenvalue weighted by Gasteiger charge is -2.23. The molecule has 0 aliphatic carbocycles. The summed E-state index contributed by atoms with van der Waals surface area (Å²) in [6.45, 7) is 3.75. The average molecular weight is 501 g/mol. The SMILES string of the molecule is CCOC(=O)C1=C(C)N=c2s/c(=C/c3cc(OC)c(OC)cc3OC)c(=O)n2C1c1cccs1. The Morgan fingerprint density at radius 3 is 2.47 bits per heavy atom. The fourth-order valence-corrected chi connectivity index (χ4v) is 5.68. The predicted octanol–water partition coefficient (Wildman–Crippen LogP) is 2.89. The first-order valence-corrected chi connectivity index (χ1v) is 12.2. The Kier molecular flexibility index (Phi) is 6.90. The van der Waals surface area contributed by atoms with Crippen molar-refractivity contribution in [3.05, 3.63) is 71.0 Å². The number of rotatable bonds is 7. The Morgan fingerprint density at radius 1 is 1.15 bits per heavy atom. The summed E-state index contributed by atoms with van der Waals surface area (Å²) in [5.41, 5.74) is 1.30. The number of esters is 1. The van der Waals surface area contributed by atoms with E-state index in [0.717, 1.165) is 4.88 Å². The van der Waals surface area contributed by atoms with Crippen molar-refractivity contribution in [1.29, 1.82) is 0 Å². The van der Waals surface area contributed by atoms with Crippen molar-refractivity contribution in [3.63, 3.8) is 0 Å². The molecule has 4 rings (SSSR count). The molecule has 3 heterocycles. The maximum absolute atomic E-state index is 13.6. The van der Waals surface area contributed by atoms with Gasteiger partial charge in [-0.05, 0) is 37.4 Å². The number of carbonyl (C=O) groups is 1. The van der Waals surface area contributed by atoms with Crippen LogP contribution in [0.1, 0.15) is 30.3 Å². The quantitative estimate of drug-likeness (QED) is 0.464. The molecule has 1 atom stereocenters. The number of hydrogen-bond donors (Lipinski definition) is 0. The second-order valence-electron chi connectivity index (χ2n) is 7.27. The maximum Gasteiger partial charge on any atom is 0.338 e. The van der Waals surface area contributed by atoms with Gasteiger partial charge in [0.1, 0.15) is 11.8 Å². The number of benzene rings is 1. The number of hydrogen-bond acceptors (Lipinski definition) is 9. The Morgan fingerprint density at radius 2 is 1.85 bits per heavy atom. The van der Waals surface area contributed by atoms with Gasteiger partial charge in [0, 0.05) is 16.5 Å². The average Bonchev–Trinajstić information content (AvgIpc) is 3.46. The van der Waals surface area contributed by atoms with Crippen molar-refractivity contribution < 1.29 is 23.7 Å². The number of allylic oxidation sites excluding steroid dienone is 1. The normalized spacial score (nSPS) is 15.6. The Balaban J connectivity index is 1.94. The van der Waals surface area contributed by atoms with Crippen LogP contribution >= 0.6 is 22.7 Å². The highest BCUT2D eigenvalue weighted by molar-refractivity contribution is 7.10. The van der Waals surface area contributed by atoms with Crippen LogP contribution in [-0.4, -0.2) is 38.5 Å². The summed E-state index contributed by atoms with van der Waals surface area (Å²) in [7, 11) is 4.64. The molecule has 178 valence electrons. The highest BCUT2D eigenvalue weighted by Gasteiger charge is 2.33. The van der Waals surface area contributed by atoms with Crippen LogP contribution in [0.3, 0.4) is 0 Å². The van der Waals surface area contributed by atoms with Crippen LogP contribution in [-0.2, 0) is 9.53 Å². The van der Waals surface area contributed by atoms with Crippen LogP contribution in [0.25, 0.3) is 6.08 Å². The standard InChI is InChI=1S/C24H24N2O6S2/c1-6-32-23(28)20-13(2)25-24-26(21(20)18-8-7-9-33-18)22(27)19(34-24)11-14-10-16(30-4)17(31-5)12-15(14)29-3/h7-12,21H,6H2,1-5H3/b19-11+. The molecule has 0 N–H and O–H groups in total. The van der Waals surface area contributed by atoms with Crippen LogP contribution in [0.2, 0.25) is 0 Å². The van der Waals surface area contributed by atoms with E-state index >= 15 is 0 Å². The third-order valence-corrected chi connectivity index (χ3v) is 7.26. The minimum Gasteiger partial charge on any atom is -0.496 e. The molecule has 1 unspecified atom stereocenters. The van der Waals surface area contributed by atoms with E-state index in [1.807, 2.05) is 17.5 Å². The minimum atomic E-state index is -0.607. The summed E-state index contributed by atoms with van der Waals surface area (Å²) in [6.07, 6.45) is 1.74. The molecule has 0 amide bonds. The van der Waals surface area contributed by atoms with E-state index < -0.39 is 12.0 Å². The number of carbonyl (C=O) groups excluding carboxylic acids is 1. The predicted molar refractivity (Wildman–Crippen MR) is 131 cm³/mol. The van der Waals surface area contributed by atoms with Crippen molar-refractivity contribution in [2.45, 2.75) is 19.9 Å². The Hall–Kier alpha value is -3.37. The molecular formula is C24H24N2O6S2. The van der Waals surface area contributed by atoms with Gasteiger partial charge in [-0.2, -0.15) is 0 Å². The van der Waals surface area contributed by atoms with E-state index in [1.165, 1.54) is 22.7 Å². The van der Waals surface area contributed by atoms with E-state index in [2.05, 4.69) is 4.99 Å². The molecule has 0 fully saturated rings. The second kappa shape index (κ2) is 9.86. The lowest BCUT2D eigenvalue weighted by molar-refractivity contribution is -0.139. The summed E-state index contributed by atoms with van der Waals surface area (Å²) in [4.78, 5) is 32.5. The van der Waals surface area contributed by atoms with E-state index in [4.69, 9.17) is 18.9 Å². The number of methoxy groups -OCH3 is 3. The summed E-state index contributed by atoms with van der Waals surface area (Å²) in [5, 5.41) is 1.91. The number of fused-ring (bicyclic) bond motifs is 1. The third kappa shape index (κ3) is 4.14. The van der Waals surface area contributed by atoms with Gasteiger partial charge in [0.05, 0.1) is 43.7 Å². The van der Waals surface area contributed by atoms with Gasteiger partial charge in [0.25, 0.3) is 5.56 Å². The number of nitrogens with zero attached hydrogens (tertiary/aromatic N) is 2. The van der Waals surface area contributed by atoms with Gasteiger partial charge >= 0.3 is 5.97 Å². The molecule has 0 spiro atoms. The molecule has 1 aliphatic rings. The molecule has 1 aliphatic heterocycles. The number of thiophene rings is 1. The smallest absolute Gasteiger partial charge is 0.338 e. The van der Waals surface area contributed by atoms with Crippen molar-refractivity contribution in [3.8, 4) is 17.2 Å². The lowest BCUT2D eigenvalue weighted by atomic mass is 10.0. The zero-order chi connectivity index (χ0) is 24.4. The summed E-state index contributed by atoms with van der Waals surface area (Å²) >= 11 is 2.72. The lowest BCUT2D eigenvalue weighted by Crippen LogP contribution is -2.39. The molecular weight excluding hydrogens is 476 g/mol. The summed E-state index contributed by atoms with van der Waals surface area (Å²) in [5.74, 6) is 1.09. The van der Waals surface area contributed by atoms with Gasteiger partial charge in [-0.1, -0.05) is 17.4 Å². The van der Waals surface area contributed by atoms with Crippen LogP contribution in [0.15, 0.2) is 50.7 Å². The molecule has 0 saturated carbocycles. The van der Waals surface area contributed by atoms with Crippen molar-refractivity contribution in [2.24, 2.45) is 4.99 Å². The Labute approximate surface area is 204 Å². The number of thiazole rings is 1. The maximum atomic E-state index is 13.6. The van der Waals surface area contributed by atoms with E-state index in [-0.39, 0.29) is 12.2 Å². The molecule has 34 heavy (non-hydrogen) atoms. The van der Waals surface area contributed by atoms with Gasteiger partial charge in [0.15, 0.2) is 16.3 Å². The van der Waals surface area contributed by atoms with Crippen molar-refractivity contribution >= 4 is 34.7 Å². The number of aromatic nitrogens is 1. The van der Waals surface area contributed by atoms with Gasteiger partial charge in [-0.15, -0.1) is 11.3 Å². The Bertz CT molecular complexity index is 1430. The van der Waals surface area contributed by atoms with Crippen LogP contribution in [0.5, 0.6) is 17.2 Å². The third-order valence-electron chi connectivity index (χ3n) is 5.35.